The molecule has 202 valence electrons. The minimum atomic E-state index is -3.82. The highest BCUT2D eigenvalue weighted by Crippen LogP contribution is 2.34. The minimum absolute atomic E-state index is 0.234. The van der Waals surface area contributed by atoms with Crippen LogP contribution in [0.1, 0.15) is 38.7 Å². The summed E-state index contributed by atoms with van der Waals surface area (Å²) in [5, 5.41) is 2.92. The average Bonchev–Trinajstić information content (AvgIpc) is 2.89. The van der Waals surface area contributed by atoms with Gasteiger partial charge in [0.1, 0.15) is 25.8 Å². The molecule has 0 aromatic heterocycles. The third-order valence-corrected chi connectivity index (χ3v) is 7.33. The lowest BCUT2D eigenvalue weighted by Gasteiger charge is -2.33. The Morgan fingerprint density at radius 1 is 1.03 bits per heavy atom. The molecule has 37 heavy (non-hydrogen) atoms. The smallest absolute Gasteiger partial charge is 0.244 e. The first-order valence-electron chi connectivity index (χ1n) is 12.7. The molecule has 1 heterocycles. The van der Waals surface area contributed by atoms with Gasteiger partial charge < -0.3 is 19.7 Å². The summed E-state index contributed by atoms with van der Waals surface area (Å²) >= 11 is 0. The number of benzene rings is 2. The van der Waals surface area contributed by atoms with Gasteiger partial charge >= 0.3 is 0 Å². The van der Waals surface area contributed by atoms with Crippen molar-refractivity contribution in [1.29, 1.82) is 0 Å². The molecule has 3 rings (SSSR count). The van der Waals surface area contributed by atoms with E-state index in [1.807, 2.05) is 44.2 Å². The molecule has 1 atom stereocenters. The van der Waals surface area contributed by atoms with Crippen LogP contribution in [0.3, 0.4) is 0 Å². The van der Waals surface area contributed by atoms with Gasteiger partial charge in [-0.2, -0.15) is 0 Å². The fourth-order valence-electron chi connectivity index (χ4n) is 4.20. The standard InChI is InChI=1S/C27H37N3O6S/c1-4-6-15-28-27(32)23(5-2)29(16-14-21-10-8-7-9-11-21)26(31)20-30(37(3,33)34)22-12-13-24-25(19-22)36-18-17-35-24/h7-13,19,23H,4-6,14-18,20H2,1-3H3,(H,28,32). The topological polar surface area (TPSA) is 105 Å². The molecule has 10 heteroatoms. The largest absolute Gasteiger partial charge is 0.486 e. The number of ether oxygens (including phenoxy) is 2. The number of sulfonamides is 1. The van der Waals surface area contributed by atoms with Gasteiger partial charge in [0, 0.05) is 19.2 Å². The zero-order valence-corrected chi connectivity index (χ0v) is 22.6. The van der Waals surface area contributed by atoms with Gasteiger partial charge in [0.05, 0.1) is 11.9 Å². The number of fused-ring (bicyclic) bond motifs is 1. The van der Waals surface area contributed by atoms with Gasteiger partial charge in [-0.3, -0.25) is 13.9 Å². The number of nitrogens with one attached hydrogen (secondary N) is 1. The predicted octanol–water partition coefficient (Wildman–Crippen LogP) is 2.99. The van der Waals surface area contributed by atoms with Crippen LogP contribution < -0.4 is 19.1 Å². The van der Waals surface area contributed by atoms with Crippen molar-refractivity contribution < 1.29 is 27.5 Å². The quantitative estimate of drug-likeness (QED) is 0.399. The molecule has 0 aliphatic carbocycles. The van der Waals surface area contributed by atoms with Crippen LogP contribution in [-0.4, -0.2) is 70.3 Å². The molecule has 0 saturated heterocycles. The van der Waals surface area contributed by atoms with E-state index in [0.29, 0.717) is 49.8 Å². The number of hydrogen-bond acceptors (Lipinski definition) is 6. The number of hydrogen-bond donors (Lipinski definition) is 1. The number of amides is 2. The predicted molar refractivity (Wildman–Crippen MR) is 143 cm³/mol. The molecule has 1 N–H and O–H groups in total. The van der Waals surface area contributed by atoms with E-state index in [-0.39, 0.29) is 12.5 Å². The Labute approximate surface area is 219 Å². The molecule has 2 aromatic carbocycles. The molecule has 0 fully saturated rings. The lowest BCUT2D eigenvalue weighted by Crippen LogP contribution is -2.53. The van der Waals surface area contributed by atoms with Crippen LogP contribution in [0.25, 0.3) is 0 Å². The molecule has 1 aliphatic rings. The van der Waals surface area contributed by atoms with E-state index in [0.717, 1.165) is 29.0 Å². The van der Waals surface area contributed by atoms with Gasteiger partial charge in [-0.1, -0.05) is 50.6 Å². The first-order valence-corrected chi connectivity index (χ1v) is 14.6. The molecule has 0 bridgehead atoms. The minimum Gasteiger partial charge on any atom is -0.486 e. The summed E-state index contributed by atoms with van der Waals surface area (Å²) in [4.78, 5) is 28.3. The monoisotopic (exact) mass is 531 g/mol. The summed E-state index contributed by atoms with van der Waals surface area (Å²) in [5.41, 5.74) is 1.32. The molecule has 1 aliphatic heterocycles. The van der Waals surface area contributed by atoms with Crippen LogP contribution in [0.4, 0.5) is 5.69 Å². The Balaban J connectivity index is 1.87. The van der Waals surface area contributed by atoms with E-state index < -0.39 is 28.5 Å². The maximum Gasteiger partial charge on any atom is 0.244 e. The molecule has 1 unspecified atom stereocenters. The van der Waals surface area contributed by atoms with Crippen molar-refractivity contribution in [2.24, 2.45) is 0 Å². The third kappa shape index (κ3) is 7.85. The summed E-state index contributed by atoms with van der Waals surface area (Å²) in [7, 11) is -3.82. The van der Waals surface area contributed by atoms with Crippen molar-refractivity contribution in [2.45, 2.75) is 45.6 Å². The van der Waals surface area contributed by atoms with Gasteiger partial charge in [-0.15, -0.1) is 0 Å². The Kier molecular flexibility index (Phi) is 10.2. The Morgan fingerprint density at radius 2 is 1.73 bits per heavy atom. The number of nitrogens with zero attached hydrogens (tertiary/aromatic N) is 2. The maximum atomic E-state index is 13.7. The van der Waals surface area contributed by atoms with Crippen molar-refractivity contribution in [3.05, 3.63) is 54.1 Å². The van der Waals surface area contributed by atoms with E-state index in [1.165, 1.54) is 4.90 Å². The molecular formula is C27H37N3O6S. The Bertz CT molecular complexity index is 1160. The number of rotatable bonds is 13. The zero-order chi connectivity index (χ0) is 26.8. The van der Waals surface area contributed by atoms with Crippen molar-refractivity contribution in [3.8, 4) is 11.5 Å². The van der Waals surface area contributed by atoms with Crippen molar-refractivity contribution in [3.63, 3.8) is 0 Å². The lowest BCUT2D eigenvalue weighted by atomic mass is 10.1. The molecule has 0 spiro atoms. The highest BCUT2D eigenvalue weighted by molar-refractivity contribution is 7.92. The number of carbonyl (C=O) groups is 2. The molecule has 0 saturated carbocycles. The van der Waals surface area contributed by atoms with Gasteiger partial charge in [0.25, 0.3) is 0 Å². The SMILES string of the molecule is CCCCNC(=O)C(CC)N(CCc1ccccc1)C(=O)CN(c1ccc2c(c1)OCCO2)S(C)(=O)=O. The fraction of sp³-hybridized carbons (Fsp3) is 0.481. The van der Waals surface area contributed by atoms with Gasteiger partial charge in [-0.05, 0) is 37.0 Å². The lowest BCUT2D eigenvalue weighted by molar-refractivity contribution is -0.139. The van der Waals surface area contributed by atoms with Gasteiger partial charge in [0.2, 0.25) is 21.8 Å². The summed E-state index contributed by atoms with van der Waals surface area (Å²) in [5.74, 6) is 0.262. The van der Waals surface area contributed by atoms with Crippen molar-refractivity contribution in [1.82, 2.24) is 10.2 Å². The van der Waals surface area contributed by atoms with Crippen molar-refractivity contribution >= 4 is 27.5 Å². The third-order valence-electron chi connectivity index (χ3n) is 6.19. The van der Waals surface area contributed by atoms with Crippen LogP contribution in [0.15, 0.2) is 48.5 Å². The Morgan fingerprint density at radius 3 is 2.38 bits per heavy atom. The zero-order valence-electron chi connectivity index (χ0n) is 21.8. The summed E-state index contributed by atoms with van der Waals surface area (Å²) < 4.78 is 37.8. The number of anilines is 1. The van der Waals surface area contributed by atoms with Gasteiger partial charge in [0.15, 0.2) is 11.5 Å². The van der Waals surface area contributed by atoms with E-state index in [4.69, 9.17) is 9.47 Å². The van der Waals surface area contributed by atoms with E-state index >= 15 is 0 Å². The Hall–Kier alpha value is -3.27. The second kappa shape index (κ2) is 13.3. The molecule has 9 nitrogen and oxygen atoms in total. The molecular weight excluding hydrogens is 494 g/mol. The first kappa shape index (κ1) is 28.3. The summed E-state index contributed by atoms with van der Waals surface area (Å²) in [6.45, 7) is 5.02. The number of unbranched alkanes of at least 4 members (excludes halogenated alkanes) is 1. The van der Waals surface area contributed by atoms with Crippen LogP contribution in [0.2, 0.25) is 0 Å². The van der Waals surface area contributed by atoms with Crippen LogP contribution >= 0.6 is 0 Å². The van der Waals surface area contributed by atoms with Crippen LogP contribution in [0, 0.1) is 0 Å². The molecule has 2 amide bonds. The van der Waals surface area contributed by atoms with Crippen LogP contribution in [-0.2, 0) is 26.0 Å². The van der Waals surface area contributed by atoms with E-state index in [1.54, 1.807) is 18.2 Å². The van der Waals surface area contributed by atoms with E-state index in [2.05, 4.69) is 5.32 Å². The van der Waals surface area contributed by atoms with Crippen LogP contribution in [0.5, 0.6) is 11.5 Å². The molecule has 0 radical (unpaired) electrons. The fourth-order valence-corrected chi connectivity index (χ4v) is 5.04. The maximum absolute atomic E-state index is 13.7. The first-order chi connectivity index (χ1) is 17.7. The van der Waals surface area contributed by atoms with Gasteiger partial charge in [-0.25, -0.2) is 8.42 Å². The second-order valence-electron chi connectivity index (χ2n) is 8.99. The van der Waals surface area contributed by atoms with E-state index in [9.17, 15) is 18.0 Å². The highest BCUT2D eigenvalue weighted by atomic mass is 32.2. The summed E-state index contributed by atoms with van der Waals surface area (Å²) in [6.07, 6.45) is 3.77. The second-order valence-corrected chi connectivity index (χ2v) is 10.9. The highest BCUT2D eigenvalue weighted by Gasteiger charge is 2.31. The molecule has 2 aromatic rings. The normalized spacial score (nSPS) is 13.5. The van der Waals surface area contributed by atoms with Crippen molar-refractivity contribution in [2.75, 3.05) is 43.4 Å². The summed E-state index contributed by atoms with van der Waals surface area (Å²) in [6, 6.07) is 13.8. The average molecular weight is 532 g/mol. The number of carbonyl (C=O) groups excluding carboxylic acids is 2.